The normalized spacial score (nSPS) is 10.4. The third-order valence-corrected chi connectivity index (χ3v) is 9.40. The predicted octanol–water partition coefficient (Wildman–Crippen LogP) is 1.31. The van der Waals surface area contributed by atoms with Crippen LogP contribution in [0, 0.1) is 0 Å². The third-order valence-electron chi connectivity index (χ3n) is 9.40. The van der Waals surface area contributed by atoms with E-state index in [4.69, 9.17) is 5.11 Å². The van der Waals surface area contributed by atoms with E-state index in [1.807, 2.05) is 14.1 Å². The first-order chi connectivity index (χ1) is 28.5. The molecule has 0 fully saturated rings. The number of carbonyl (C=O) groups excluding carboxylic acids is 2. The summed E-state index contributed by atoms with van der Waals surface area (Å²) in [7, 11) is 12.4. The Morgan fingerprint density at radius 2 is 0.726 bits per heavy atom. The van der Waals surface area contributed by atoms with Gasteiger partial charge in [-0.1, -0.05) is 142 Å². The van der Waals surface area contributed by atoms with Gasteiger partial charge in [0.15, 0.2) is 0 Å². The van der Waals surface area contributed by atoms with Crippen LogP contribution in [-0.4, -0.2) is 136 Å². The maximum Gasteiger partial charge on any atom is 2.00 e. The zero-order chi connectivity index (χ0) is 45.3. The molecule has 62 heavy (non-hydrogen) atoms. The number of carboxylic acid groups (broad SMARTS) is 3. The summed E-state index contributed by atoms with van der Waals surface area (Å²) in [4.78, 5) is 36.6. The van der Waals surface area contributed by atoms with Gasteiger partial charge in [0, 0.05) is 18.4 Å². The Kier molecular flexibility index (Phi) is 37.9. The Balaban J connectivity index is -0.000000838. The summed E-state index contributed by atoms with van der Waals surface area (Å²) >= 11 is 0. The average molecular weight is 944 g/mol. The van der Waals surface area contributed by atoms with Crippen LogP contribution in [0.15, 0.2) is 121 Å². The SMILES string of the molecule is CCC(=O)O.CCC(=O)[O-].CCC(=O)[O-].CN(C)CCCN(C)CC([O-])CN(C)CCCN(C)C.[Ni+2].[Ni+2].c1ccc([B-](c2ccccc2)(c2ccccc2)c2ccccc2)cc1. The van der Waals surface area contributed by atoms with Gasteiger partial charge in [-0.3, -0.25) is 4.79 Å². The number of benzene rings is 4. The molecule has 0 saturated heterocycles. The number of likely N-dealkylation sites (N-methyl/N-ethyl adjacent to an activating group) is 2. The standard InChI is InChI=1S/C24H20B.C15H35N4O.3C3H6O2.2Ni/c1-5-13-21(14-6-1)25(22-15-7-2-8-16-22,23-17-9-3-10-18-23)24-19-11-4-12-20-24;1-16(2)9-7-11-18(5)13-15(20)14-19(6)12-8-10-17(3)4;3*1-2-3(4)5;;/h1-20H;15H,7-14H2,1-6H3;3*2H2,1H3,(H,4,5);;/q2*-1;;;;2*+2/p-2. The molecule has 348 valence electrons. The van der Waals surface area contributed by atoms with Crippen molar-refractivity contribution in [3.8, 4) is 0 Å². The number of hydrogen-bond acceptors (Lipinski definition) is 10. The first-order valence-electron chi connectivity index (χ1n) is 20.9. The maximum atomic E-state index is 12.0. The van der Waals surface area contributed by atoms with Gasteiger partial charge in [-0.2, -0.15) is 21.9 Å². The zero-order valence-electron chi connectivity index (χ0n) is 38.3. The molecule has 0 heterocycles. The largest absolute Gasteiger partial charge is 2.00 e. The minimum atomic E-state index is -1.22. The van der Waals surface area contributed by atoms with Gasteiger partial charge in [-0.15, -0.1) is 6.10 Å². The summed E-state index contributed by atoms with van der Waals surface area (Å²) in [5.41, 5.74) is 5.36. The third kappa shape index (κ3) is 28.0. The van der Waals surface area contributed by atoms with E-state index in [1.165, 1.54) is 35.7 Å². The van der Waals surface area contributed by atoms with Gasteiger partial charge in [0.25, 0.3) is 0 Å². The van der Waals surface area contributed by atoms with Gasteiger partial charge >= 0.3 is 39.0 Å². The van der Waals surface area contributed by atoms with E-state index in [-0.39, 0.29) is 52.2 Å². The van der Waals surface area contributed by atoms with Crippen molar-refractivity contribution < 1.29 is 67.8 Å². The molecule has 11 nitrogen and oxygen atoms in total. The predicted molar refractivity (Wildman–Crippen MR) is 244 cm³/mol. The van der Waals surface area contributed by atoms with Crippen LogP contribution >= 0.6 is 0 Å². The molecular formula is C48H71BN4Ni2O7. The van der Waals surface area contributed by atoms with Crippen LogP contribution < -0.4 is 37.2 Å². The van der Waals surface area contributed by atoms with E-state index < -0.39 is 30.2 Å². The van der Waals surface area contributed by atoms with Crippen molar-refractivity contribution in [2.24, 2.45) is 0 Å². The quantitative estimate of drug-likeness (QED) is 0.136. The molecule has 0 bridgehead atoms. The van der Waals surface area contributed by atoms with Crippen molar-refractivity contribution in [2.75, 3.05) is 81.6 Å². The fourth-order valence-corrected chi connectivity index (χ4v) is 6.37. The summed E-state index contributed by atoms with van der Waals surface area (Å²) < 4.78 is 0. The van der Waals surface area contributed by atoms with E-state index >= 15 is 0 Å². The number of hydrogen-bond donors (Lipinski definition) is 1. The first-order valence-corrected chi connectivity index (χ1v) is 20.9. The number of rotatable bonds is 19. The Hall–Kier alpha value is -3.86. The molecule has 0 amide bonds. The Labute approximate surface area is 393 Å². The summed E-state index contributed by atoms with van der Waals surface area (Å²) in [6.45, 7) is 10.1. The molecule has 0 saturated carbocycles. The summed E-state index contributed by atoms with van der Waals surface area (Å²) in [6, 6.07) is 43.5. The maximum absolute atomic E-state index is 12.0. The second kappa shape index (κ2) is 37.7. The summed E-state index contributed by atoms with van der Waals surface area (Å²) in [6.07, 6.45) is 0.958. The number of nitrogens with zero attached hydrogens (tertiary/aromatic N) is 4. The van der Waals surface area contributed by atoms with E-state index in [1.54, 1.807) is 6.92 Å². The van der Waals surface area contributed by atoms with Gasteiger partial charge in [-0.25, -0.2) is 0 Å². The Bertz CT molecular complexity index is 1460. The molecule has 4 aromatic rings. The fourth-order valence-electron chi connectivity index (χ4n) is 6.37. The fraction of sp³-hybridized carbons (Fsp3) is 0.438. The molecule has 0 aromatic heterocycles. The van der Waals surface area contributed by atoms with Gasteiger partial charge < -0.3 is 49.6 Å². The van der Waals surface area contributed by atoms with Crippen molar-refractivity contribution in [2.45, 2.75) is 59.0 Å². The van der Waals surface area contributed by atoms with Crippen molar-refractivity contribution in [1.29, 1.82) is 0 Å². The molecule has 14 heteroatoms. The number of carboxylic acids is 3. The number of carbonyl (C=O) groups is 3. The van der Waals surface area contributed by atoms with Crippen LogP contribution in [0.1, 0.15) is 52.9 Å². The smallest absolute Gasteiger partial charge is 0.850 e. The van der Waals surface area contributed by atoms with E-state index in [9.17, 15) is 29.7 Å². The second-order valence-electron chi connectivity index (χ2n) is 15.2. The molecule has 0 radical (unpaired) electrons. The van der Waals surface area contributed by atoms with Gasteiger partial charge in [0.05, 0.1) is 0 Å². The van der Waals surface area contributed by atoms with Crippen LogP contribution in [0.3, 0.4) is 0 Å². The summed E-state index contributed by atoms with van der Waals surface area (Å²) in [5, 5.41) is 38.3. The number of aliphatic carboxylic acids is 3. The summed E-state index contributed by atoms with van der Waals surface area (Å²) in [5.74, 6) is -2.74. The average Bonchev–Trinajstić information content (AvgIpc) is 3.23. The second-order valence-corrected chi connectivity index (χ2v) is 15.2. The van der Waals surface area contributed by atoms with Gasteiger partial charge in [0.1, 0.15) is 6.15 Å². The molecule has 0 spiro atoms. The zero-order valence-corrected chi connectivity index (χ0v) is 40.3. The van der Waals surface area contributed by atoms with Crippen molar-refractivity contribution in [1.82, 2.24) is 19.6 Å². The van der Waals surface area contributed by atoms with Crippen LogP contribution in [0.25, 0.3) is 0 Å². The monoisotopic (exact) mass is 942 g/mol. The van der Waals surface area contributed by atoms with Crippen molar-refractivity contribution in [3.63, 3.8) is 0 Å². The van der Waals surface area contributed by atoms with Crippen molar-refractivity contribution >= 4 is 45.9 Å². The van der Waals surface area contributed by atoms with Gasteiger partial charge in [-0.05, 0) is 107 Å². The van der Waals surface area contributed by atoms with Crippen molar-refractivity contribution in [3.05, 3.63) is 121 Å². The molecule has 4 aromatic carbocycles. The molecular weight excluding hydrogens is 873 g/mol. The van der Waals surface area contributed by atoms with E-state index in [2.05, 4.69) is 169 Å². The molecule has 0 atom stereocenters. The molecule has 1 N–H and O–H groups in total. The van der Waals surface area contributed by atoms with Crippen LogP contribution in [0.2, 0.25) is 0 Å². The molecule has 0 aliphatic carbocycles. The molecule has 0 aliphatic rings. The van der Waals surface area contributed by atoms with E-state index in [0.29, 0.717) is 13.1 Å². The minimum absolute atomic E-state index is 0. The van der Waals surface area contributed by atoms with Crippen LogP contribution in [0.4, 0.5) is 0 Å². The Morgan fingerprint density at radius 1 is 0.500 bits per heavy atom. The topological polar surface area (TPSA) is 154 Å². The van der Waals surface area contributed by atoms with Gasteiger partial charge in [0.2, 0.25) is 0 Å². The minimum Gasteiger partial charge on any atom is -0.850 e. The first kappa shape index (κ1) is 62.4. The molecule has 4 rings (SSSR count). The molecule has 0 unspecified atom stereocenters. The Morgan fingerprint density at radius 3 is 0.903 bits per heavy atom. The van der Waals surface area contributed by atoms with Crippen LogP contribution in [0.5, 0.6) is 0 Å². The van der Waals surface area contributed by atoms with E-state index in [0.717, 1.165) is 39.0 Å². The van der Waals surface area contributed by atoms with Crippen LogP contribution in [-0.2, 0) is 47.4 Å². The molecule has 0 aliphatic heterocycles.